The second-order valence-electron chi connectivity index (χ2n) is 3.39. The van der Waals surface area contributed by atoms with Gasteiger partial charge in [-0.1, -0.05) is 0 Å². The molecule has 12 heavy (non-hydrogen) atoms. The first kappa shape index (κ1) is 9.93. The average molecular weight is 175 g/mol. The quantitative estimate of drug-likeness (QED) is 0.678. The van der Waals surface area contributed by atoms with E-state index in [0.29, 0.717) is 12.6 Å². The lowest BCUT2D eigenvalue weighted by atomic mass is 10.1. The van der Waals surface area contributed by atoms with Gasteiger partial charge in [0.05, 0.1) is 0 Å². The lowest BCUT2D eigenvalue weighted by Crippen LogP contribution is -2.31. The SMILES string of the molecule is OCCCC1CCCN1CCF. The molecule has 1 saturated heterocycles. The van der Waals surface area contributed by atoms with Gasteiger partial charge in [-0.05, 0) is 32.2 Å². The van der Waals surface area contributed by atoms with Crippen molar-refractivity contribution < 1.29 is 9.50 Å². The Morgan fingerprint density at radius 3 is 3.00 bits per heavy atom. The zero-order valence-electron chi connectivity index (χ0n) is 7.51. The van der Waals surface area contributed by atoms with E-state index in [4.69, 9.17) is 5.11 Å². The van der Waals surface area contributed by atoms with Crippen molar-refractivity contribution in [3.05, 3.63) is 0 Å². The first-order chi connectivity index (χ1) is 5.88. The van der Waals surface area contributed by atoms with Crippen LogP contribution in [0.3, 0.4) is 0 Å². The Bertz CT molecular complexity index is 121. The van der Waals surface area contributed by atoms with Crippen LogP contribution in [0.4, 0.5) is 4.39 Å². The van der Waals surface area contributed by atoms with Crippen LogP contribution in [0.2, 0.25) is 0 Å². The molecule has 1 fully saturated rings. The summed E-state index contributed by atoms with van der Waals surface area (Å²) in [5.74, 6) is 0. The summed E-state index contributed by atoms with van der Waals surface area (Å²) in [6, 6.07) is 0.535. The van der Waals surface area contributed by atoms with Gasteiger partial charge in [0.15, 0.2) is 0 Å². The number of nitrogens with zero attached hydrogens (tertiary/aromatic N) is 1. The summed E-state index contributed by atoms with van der Waals surface area (Å²) in [6.45, 7) is 1.64. The first-order valence-electron chi connectivity index (χ1n) is 4.79. The second-order valence-corrected chi connectivity index (χ2v) is 3.39. The van der Waals surface area contributed by atoms with Crippen molar-refractivity contribution >= 4 is 0 Å². The molecule has 72 valence electrons. The summed E-state index contributed by atoms with van der Waals surface area (Å²) in [5.41, 5.74) is 0. The van der Waals surface area contributed by atoms with Crippen LogP contribution in [0.15, 0.2) is 0 Å². The smallest absolute Gasteiger partial charge is 0.102 e. The molecule has 1 atom stereocenters. The molecule has 1 aliphatic heterocycles. The Hall–Kier alpha value is -0.150. The number of aliphatic hydroxyl groups is 1. The lowest BCUT2D eigenvalue weighted by Gasteiger charge is -2.22. The summed E-state index contributed by atoms with van der Waals surface area (Å²) in [7, 11) is 0. The molecule has 2 nitrogen and oxygen atoms in total. The molecule has 1 unspecified atom stereocenters. The van der Waals surface area contributed by atoms with Crippen molar-refractivity contribution in [2.45, 2.75) is 31.7 Å². The molecule has 1 aliphatic rings. The van der Waals surface area contributed by atoms with Crippen LogP contribution in [-0.4, -0.2) is 42.4 Å². The molecule has 0 aliphatic carbocycles. The highest BCUT2D eigenvalue weighted by Crippen LogP contribution is 2.20. The highest BCUT2D eigenvalue weighted by atomic mass is 19.1. The minimum absolute atomic E-state index is 0.240. The van der Waals surface area contributed by atoms with Crippen molar-refractivity contribution in [2.24, 2.45) is 0 Å². The Balaban J connectivity index is 2.20. The largest absolute Gasteiger partial charge is 0.396 e. The van der Waals surface area contributed by atoms with E-state index in [1.54, 1.807) is 0 Å². The van der Waals surface area contributed by atoms with E-state index in [2.05, 4.69) is 4.90 Å². The molecule has 0 spiro atoms. The molecule has 1 rings (SSSR count). The minimum atomic E-state index is -0.240. The molecule has 3 heteroatoms. The van der Waals surface area contributed by atoms with Gasteiger partial charge in [-0.15, -0.1) is 0 Å². The van der Waals surface area contributed by atoms with Gasteiger partial charge >= 0.3 is 0 Å². The van der Waals surface area contributed by atoms with Gasteiger partial charge in [0.25, 0.3) is 0 Å². The number of hydrogen-bond acceptors (Lipinski definition) is 2. The summed E-state index contributed by atoms with van der Waals surface area (Å²) in [6.07, 6.45) is 4.25. The van der Waals surface area contributed by atoms with Crippen molar-refractivity contribution in [1.82, 2.24) is 4.90 Å². The fourth-order valence-corrected chi connectivity index (χ4v) is 1.95. The van der Waals surface area contributed by atoms with Gasteiger partial charge in [0.1, 0.15) is 6.67 Å². The van der Waals surface area contributed by atoms with Gasteiger partial charge < -0.3 is 5.11 Å². The van der Waals surface area contributed by atoms with E-state index in [0.717, 1.165) is 19.4 Å². The maximum Gasteiger partial charge on any atom is 0.102 e. The Kier molecular flexibility index (Phi) is 4.54. The summed E-state index contributed by atoms with van der Waals surface area (Å²) < 4.78 is 12.0. The third-order valence-electron chi connectivity index (χ3n) is 2.57. The van der Waals surface area contributed by atoms with E-state index in [9.17, 15) is 4.39 Å². The highest BCUT2D eigenvalue weighted by molar-refractivity contribution is 4.78. The zero-order valence-corrected chi connectivity index (χ0v) is 7.51. The fraction of sp³-hybridized carbons (Fsp3) is 1.00. The number of alkyl halides is 1. The fourth-order valence-electron chi connectivity index (χ4n) is 1.95. The normalized spacial score (nSPS) is 25.0. The van der Waals surface area contributed by atoms with Gasteiger partial charge in [0, 0.05) is 19.2 Å². The summed E-state index contributed by atoms with van der Waals surface area (Å²) >= 11 is 0. The van der Waals surface area contributed by atoms with Crippen molar-refractivity contribution in [1.29, 1.82) is 0 Å². The zero-order chi connectivity index (χ0) is 8.81. The van der Waals surface area contributed by atoms with Gasteiger partial charge in [0.2, 0.25) is 0 Å². The van der Waals surface area contributed by atoms with E-state index in [1.807, 2.05) is 0 Å². The Morgan fingerprint density at radius 2 is 2.33 bits per heavy atom. The highest BCUT2D eigenvalue weighted by Gasteiger charge is 2.22. The number of halogens is 1. The molecule has 0 aromatic heterocycles. The molecule has 0 radical (unpaired) electrons. The van der Waals surface area contributed by atoms with Crippen molar-refractivity contribution in [3.8, 4) is 0 Å². The lowest BCUT2D eigenvalue weighted by molar-refractivity contribution is 0.203. The van der Waals surface area contributed by atoms with Gasteiger partial charge in [-0.25, -0.2) is 4.39 Å². The number of likely N-dealkylation sites (tertiary alicyclic amines) is 1. The maximum absolute atomic E-state index is 12.0. The van der Waals surface area contributed by atoms with E-state index < -0.39 is 0 Å². The van der Waals surface area contributed by atoms with Crippen LogP contribution < -0.4 is 0 Å². The van der Waals surface area contributed by atoms with Crippen LogP contribution in [0, 0.1) is 0 Å². The predicted octanol–water partition coefficient (Wildman–Crippen LogP) is 1.19. The first-order valence-corrected chi connectivity index (χ1v) is 4.79. The predicted molar refractivity (Wildman–Crippen MR) is 46.9 cm³/mol. The standard InChI is InChI=1S/C9H18FNO/c10-5-7-11-6-1-3-9(11)4-2-8-12/h9,12H,1-8H2. The topological polar surface area (TPSA) is 23.5 Å². The Morgan fingerprint density at radius 1 is 1.50 bits per heavy atom. The average Bonchev–Trinajstić information content (AvgIpc) is 2.50. The van der Waals surface area contributed by atoms with Gasteiger partial charge in [-0.3, -0.25) is 4.90 Å². The molecule has 1 N–H and O–H groups in total. The number of aliphatic hydroxyl groups excluding tert-OH is 1. The third kappa shape index (κ3) is 2.72. The number of rotatable bonds is 5. The van der Waals surface area contributed by atoms with E-state index >= 15 is 0 Å². The van der Waals surface area contributed by atoms with Crippen LogP contribution >= 0.6 is 0 Å². The Labute approximate surface area is 73.4 Å². The third-order valence-corrected chi connectivity index (χ3v) is 2.57. The van der Waals surface area contributed by atoms with E-state index in [-0.39, 0.29) is 13.3 Å². The second kappa shape index (κ2) is 5.49. The van der Waals surface area contributed by atoms with Crippen LogP contribution in [-0.2, 0) is 0 Å². The summed E-state index contributed by atoms with van der Waals surface area (Å²) in [4.78, 5) is 2.20. The molecule has 0 saturated carbocycles. The van der Waals surface area contributed by atoms with Crippen LogP contribution in [0.5, 0.6) is 0 Å². The summed E-state index contributed by atoms with van der Waals surface area (Å²) in [5, 5.41) is 8.65. The minimum Gasteiger partial charge on any atom is -0.396 e. The van der Waals surface area contributed by atoms with E-state index in [1.165, 1.54) is 12.8 Å². The van der Waals surface area contributed by atoms with Crippen LogP contribution in [0.1, 0.15) is 25.7 Å². The molecule has 0 amide bonds. The van der Waals surface area contributed by atoms with Crippen molar-refractivity contribution in [2.75, 3.05) is 26.4 Å². The molecule has 0 aromatic carbocycles. The maximum atomic E-state index is 12.0. The van der Waals surface area contributed by atoms with Crippen LogP contribution in [0.25, 0.3) is 0 Å². The molecular weight excluding hydrogens is 157 g/mol. The molecule has 0 aromatic rings. The molecule has 0 bridgehead atoms. The molecular formula is C9H18FNO. The van der Waals surface area contributed by atoms with Gasteiger partial charge in [-0.2, -0.15) is 0 Å². The molecule has 1 heterocycles. The monoisotopic (exact) mass is 175 g/mol. The van der Waals surface area contributed by atoms with Crippen molar-refractivity contribution in [3.63, 3.8) is 0 Å². The number of hydrogen-bond donors (Lipinski definition) is 1.